The van der Waals surface area contributed by atoms with Crippen molar-refractivity contribution in [3.05, 3.63) is 84.9 Å². The van der Waals surface area contributed by atoms with Crippen molar-refractivity contribution < 1.29 is 0 Å². The van der Waals surface area contributed by atoms with Crippen LogP contribution in [0, 0.1) is 13.8 Å². The molecule has 1 aliphatic heterocycles. The molecule has 0 amide bonds. The van der Waals surface area contributed by atoms with Crippen LogP contribution < -0.4 is 19.8 Å². The summed E-state index contributed by atoms with van der Waals surface area (Å²) in [5.74, 6) is 0. The summed E-state index contributed by atoms with van der Waals surface area (Å²) >= 11 is 1.46. The number of nitrogens with zero attached hydrogens (tertiary/aromatic N) is 3. The molecule has 0 unspecified atom stereocenters. The fraction of sp³-hybridized carbons (Fsp3) is 0.200. The molecule has 3 aromatic rings. The first-order chi connectivity index (χ1) is 12.1. The lowest BCUT2D eigenvalue weighted by Gasteiger charge is -2.26. The Labute approximate surface area is 150 Å². The molecule has 0 spiro atoms. The molecule has 0 saturated carbocycles. The van der Waals surface area contributed by atoms with E-state index in [1.807, 2.05) is 36.4 Å². The van der Waals surface area contributed by atoms with Crippen molar-refractivity contribution in [1.29, 1.82) is 0 Å². The Kier molecular flexibility index (Phi) is 4.01. The van der Waals surface area contributed by atoms with Crippen LogP contribution in [0.3, 0.4) is 0 Å². The monoisotopic (exact) mass is 349 g/mol. The molecule has 2 heterocycles. The summed E-state index contributed by atoms with van der Waals surface area (Å²) in [5.41, 5.74) is 4.61. The summed E-state index contributed by atoms with van der Waals surface area (Å²) in [6, 6.07) is 16.4. The van der Waals surface area contributed by atoms with Gasteiger partial charge in [-0.15, -0.1) is 0 Å². The molecule has 0 bridgehead atoms. The summed E-state index contributed by atoms with van der Waals surface area (Å²) in [5, 5.41) is 0. The third-order valence-corrected chi connectivity index (χ3v) is 5.29. The Balaban J connectivity index is 1.73. The number of hydrogen-bond acceptors (Lipinski definition) is 4. The normalized spacial score (nSPS) is 14.3. The number of benzene rings is 2. The maximum Gasteiger partial charge on any atom is 0.271 e. The molecule has 0 saturated heterocycles. The van der Waals surface area contributed by atoms with Crippen molar-refractivity contribution in [3.63, 3.8) is 0 Å². The van der Waals surface area contributed by atoms with Gasteiger partial charge in [0.15, 0.2) is 4.80 Å². The summed E-state index contributed by atoms with van der Waals surface area (Å²) in [4.78, 5) is 20.3. The van der Waals surface area contributed by atoms with Gasteiger partial charge in [-0.25, -0.2) is 4.99 Å². The zero-order chi connectivity index (χ0) is 17.4. The lowest BCUT2D eigenvalue weighted by atomic mass is 10.1. The largest absolute Gasteiger partial charge is 0.334 e. The van der Waals surface area contributed by atoms with Crippen LogP contribution in [0.15, 0.2) is 58.3 Å². The summed E-state index contributed by atoms with van der Waals surface area (Å²) in [7, 11) is 0. The number of anilines is 1. The summed E-state index contributed by atoms with van der Waals surface area (Å²) in [6.07, 6.45) is 1.94. The third kappa shape index (κ3) is 3.15. The predicted molar refractivity (Wildman–Crippen MR) is 103 cm³/mol. The average Bonchev–Trinajstić information content (AvgIpc) is 2.90. The standard InChI is InChI=1S/C20H19N3OS/c1-14-8-15(2)10-17(9-14)22-12-21-20-23(13-22)19(24)18(25-20)11-16-6-4-3-5-7-16/h3-11H,12-13H2,1-2H3/b18-11-. The van der Waals surface area contributed by atoms with Gasteiger partial charge in [0, 0.05) is 5.69 Å². The van der Waals surface area contributed by atoms with Gasteiger partial charge in [0.1, 0.15) is 13.3 Å². The molecule has 0 N–H and O–H groups in total. The second-order valence-electron chi connectivity index (χ2n) is 6.36. The van der Waals surface area contributed by atoms with E-state index in [9.17, 15) is 4.79 Å². The van der Waals surface area contributed by atoms with Crippen LogP contribution in [0.2, 0.25) is 0 Å². The second-order valence-corrected chi connectivity index (χ2v) is 7.37. The lowest BCUT2D eigenvalue weighted by Crippen LogP contribution is -2.42. The fourth-order valence-corrected chi connectivity index (χ4v) is 4.07. The van der Waals surface area contributed by atoms with Crippen LogP contribution in [0.25, 0.3) is 6.08 Å². The summed E-state index contributed by atoms with van der Waals surface area (Å²) in [6.45, 7) is 5.30. The minimum Gasteiger partial charge on any atom is -0.334 e. The molecular weight excluding hydrogens is 330 g/mol. The van der Waals surface area contributed by atoms with Gasteiger partial charge in [-0.1, -0.05) is 47.7 Å². The zero-order valence-electron chi connectivity index (χ0n) is 14.3. The third-order valence-electron chi connectivity index (χ3n) is 4.25. The summed E-state index contributed by atoms with van der Waals surface area (Å²) < 4.78 is 2.49. The average molecular weight is 349 g/mol. The molecule has 25 heavy (non-hydrogen) atoms. The molecule has 5 heteroatoms. The quantitative estimate of drug-likeness (QED) is 0.713. The highest BCUT2D eigenvalue weighted by Gasteiger charge is 2.16. The number of fused-ring (bicyclic) bond motifs is 1. The first kappa shape index (κ1) is 15.8. The second kappa shape index (κ2) is 6.33. The van der Waals surface area contributed by atoms with Gasteiger partial charge in [-0.3, -0.25) is 9.36 Å². The molecule has 1 aliphatic rings. The Bertz CT molecular complexity index is 1080. The molecular formula is C20H19N3OS. The molecule has 0 atom stereocenters. The van der Waals surface area contributed by atoms with Gasteiger partial charge >= 0.3 is 0 Å². The van der Waals surface area contributed by atoms with E-state index in [0.29, 0.717) is 13.3 Å². The van der Waals surface area contributed by atoms with E-state index in [1.165, 1.54) is 22.5 Å². The van der Waals surface area contributed by atoms with E-state index in [1.54, 1.807) is 4.57 Å². The first-order valence-corrected chi connectivity index (χ1v) is 9.06. The van der Waals surface area contributed by atoms with Gasteiger partial charge in [-0.05, 0) is 48.7 Å². The topological polar surface area (TPSA) is 37.6 Å². The lowest BCUT2D eigenvalue weighted by molar-refractivity contribution is 0.569. The number of rotatable bonds is 2. The minimum atomic E-state index is 0.0293. The van der Waals surface area contributed by atoms with Crippen LogP contribution in [-0.2, 0) is 6.67 Å². The Morgan fingerprint density at radius 3 is 2.52 bits per heavy atom. The molecule has 2 aromatic carbocycles. The van der Waals surface area contributed by atoms with E-state index in [-0.39, 0.29) is 5.56 Å². The Morgan fingerprint density at radius 2 is 1.80 bits per heavy atom. The van der Waals surface area contributed by atoms with Gasteiger partial charge in [0.05, 0.1) is 4.53 Å². The van der Waals surface area contributed by atoms with Crippen molar-refractivity contribution in [2.45, 2.75) is 20.5 Å². The van der Waals surface area contributed by atoms with E-state index in [4.69, 9.17) is 0 Å². The van der Waals surface area contributed by atoms with Crippen molar-refractivity contribution in [3.8, 4) is 0 Å². The molecule has 0 radical (unpaired) electrons. The SMILES string of the molecule is Cc1cc(C)cc(N2CN=c3s/c(=C\c4ccccc4)c(=O)n3C2)c1. The van der Waals surface area contributed by atoms with E-state index in [0.717, 1.165) is 20.6 Å². The Hall–Kier alpha value is -2.66. The predicted octanol–water partition coefficient (Wildman–Crippen LogP) is 2.41. The van der Waals surface area contributed by atoms with Crippen LogP contribution in [0.4, 0.5) is 5.69 Å². The molecule has 0 aliphatic carbocycles. The smallest absolute Gasteiger partial charge is 0.271 e. The Morgan fingerprint density at radius 1 is 1.08 bits per heavy atom. The highest BCUT2D eigenvalue weighted by atomic mass is 32.1. The fourth-order valence-electron chi connectivity index (χ4n) is 3.11. The number of aromatic nitrogens is 1. The molecule has 0 fully saturated rings. The maximum atomic E-state index is 12.8. The molecule has 1 aromatic heterocycles. The van der Waals surface area contributed by atoms with Gasteiger partial charge in [-0.2, -0.15) is 0 Å². The number of hydrogen-bond donors (Lipinski definition) is 0. The first-order valence-electron chi connectivity index (χ1n) is 8.24. The van der Waals surface area contributed by atoms with E-state index in [2.05, 4.69) is 41.9 Å². The zero-order valence-corrected chi connectivity index (χ0v) is 15.1. The van der Waals surface area contributed by atoms with Gasteiger partial charge < -0.3 is 4.90 Å². The van der Waals surface area contributed by atoms with Gasteiger partial charge in [0.25, 0.3) is 5.56 Å². The number of thiazole rings is 1. The minimum absolute atomic E-state index is 0.0293. The van der Waals surface area contributed by atoms with E-state index < -0.39 is 0 Å². The molecule has 4 rings (SSSR count). The van der Waals surface area contributed by atoms with Crippen LogP contribution in [-0.4, -0.2) is 11.2 Å². The highest BCUT2D eigenvalue weighted by molar-refractivity contribution is 7.07. The van der Waals surface area contributed by atoms with Gasteiger partial charge in [0.2, 0.25) is 0 Å². The van der Waals surface area contributed by atoms with Crippen LogP contribution in [0.5, 0.6) is 0 Å². The molecule has 126 valence electrons. The van der Waals surface area contributed by atoms with Crippen molar-refractivity contribution in [2.75, 3.05) is 11.6 Å². The van der Waals surface area contributed by atoms with Crippen LogP contribution >= 0.6 is 11.3 Å². The maximum absolute atomic E-state index is 12.8. The van der Waals surface area contributed by atoms with E-state index >= 15 is 0 Å². The van der Waals surface area contributed by atoms with Crippen molar-refractivity contribution in [1.82, 2.24) is 4.57 Å². The molecule has 4 nitrogen and oxygen atoms in total. The van der Waals surface area contributed by atoms with Crippen molar-refractivity contribution in [2.24, 2.45) is 4.99 Å². The number of aryl methyl sites for hydroxylation is 2. The highest BCUT2D eigenvalue weighted by Crippen LogP contribution is 2.19. The van der Waals surface area contributed by atoms with Crippen molar-refractivity contribution >= 4 is 23.1 Å². The van der Waals surface area contributed by atoms with Crippen LogP contribution in [0.1, 0.15) is 16.7 Å².